The van der Waals surface area contributed by atoms with Crippen LogP contribution >= 0.6 is 56.7 Å². The van der Waals surface area contributed by atoms with Crippen LogP contribution in [-0.2, 0) is 101 Å². The number of fused-ring (bicyclic) bond motifs is 7. The molecule has 0 atom stereocenters. The minimum Gasteiger partial charge on any atom is -0.350 e. The number of hydrogen-bond acceptors (Lipinski definition) is 6. The lowest BCUT2D eigenvalue weighted by molar-refractivity contribution is 0.529. The molecule has 514 valence electrons. The van der Waals surface area contributed by atoms with Gasteiger partial charge in [-0.25, -0.2) is 0 Å². The highest BCUT2D eigenvalue weighted by atomic mass is 32.1. The summed E-state index contributed by atoms with van der Waals surface area (Å²) in [6.45, 7) is 51.8. The van der Waals surface area contributed by atoms with Crippen molar-refractivity contribution in [2.75, 3.05) is 0 Å². The van der Waals surface area contributed by atoms with Gasteiger partial charge in [-0.2, -0.15) is 5.10 Å². The molecule has 0 saturated carbocycles. The summed E-state index contributed by atoms with van der Waals surface area (Å²) in [5, 5.41) is 20.8. The van der Waals surface area contributed by atoms with Gasteiger partial charge in [-0.1, -0.05) is 145 Å². The minimum absolute atomic E-state index is 0.175. The van der Waals surface area contributed by atoms with Gasteiger partial charge in [0.25, 0.3) is 0 Å². The van der Waals surface area contributed by atoms with Crippen molar-refractivity contribution >= 4 is 130 Å². The summed E-state index contributed by atoms with van der Waals surface area (Å²) in [4.78, 5) is 1.38. The Hall–Kier alpha value is -6.23. The SMILES string of the molecule is Cc1c2ccsc2c(C(C)(C)C)n1C.Cc1c2sccc2c(C(C)(C)C)n1C.Cn1c(C(C)(C)C)cc2ccsc21.Cn1c(C(C)(C)C)cc2sccc21.Cn1ccc2c1cc(C(C)(C)C)n2C.Cn1ccc2cc(C(C)(C)C)n(C)c21.Cn1nc2ccsc2c1C(C)(C)C. The minimum atomic E-state index is 0.175. The molecule has 95 heavy (non-hydrogen) atoms. The molecule has 0 aromatic carbocycles. The normalized spacial score (nSPS) is 12.6. The van der Waals surface area contributed by atoms with Gasteiger partial charge in [-0.05, 0) is 107 Å². The zero-order chi connectivity index (χ0) is 70.9. The first-order valence-electron chi connectivity index (χ1n) is 33.4. The van der Waals surface area contributed by atoms with Gasteiger partial charge in [-0.3, -0.25) is 4.68 Å². The third kappa shape index (κ3) is 15.6. The van der Waals surface area contributed by atoms with Crippen LogP contribution in [-0.4, -0.2) is 46.3 Å². The zero-order valence-corrected chi connectivity index (χ0v) is 68.0. The summed E-state index contributed by atoms with van der Waals surface area (Å²) in [7, 11) is 19.1. The number of thiophene rings is 5. The van der Waals surface area contributed by atoms with Gasteiger partial charge in [0.2, 0.25) is 0 Å². The number of rotatable bonds is 0. The number of hydrogen-bond donors (Lipinski definition) is 0. The molecule has 0 aliphatic rings. The topological polar surface area (TPSA) is 57.3 Å². The summed E-state index contributed by atoms with van der Waals surface area (Å²) >= 11 is 9.11. The van der Waals surface area contributed by atoms with E-state index >= 15 is 0 Å². The predicted octanol–water partition coefficient (Wildman–Crippen LogP) is 23.3. The van der Waals surface area contributed by atoms with Crippen LogP contribution in [0.3, 0.4) is 0 Å². The molecule has 0 radical (unpaired) electrons. The van der Waals surface area contributed by atoms with E-state index in [1.165, 1.54) is 119 Å². The van der Waals surface area contributed by atoms with Gasteiger partial charge in [0.15, 0.2) is 0 Å². The lowest BCUT2D eigenvalue weighted by Gasteiger charge is -2.20. The molecule has 0 aliphatic carbocycles. The van der Waals surface area contributed by atoms with Crippen LogP contribution in [0.15, 0.2) is 106 Å². The van der Waals surface area contributed by atoms with Gasteiger partial charge >= 0.3 is 0 Å². The highest BCUT2D eigenvalue weighted by Gasteiger charge is 2.28. The molecule has 0 fully saturated rings. The van der Waals surface area contributed by atoms with E-state index < -0.39 is 0 Å². The summed E-state index contributed by atoms with van der Waals surface area (Å²) < 4.78 is 25.8. The molecule has 15 heteroatoms. The van der Waals surface area contributed by atoms with E-state index in [-0.39, 0.29) is 37.9 Å². The van der Waals surface area contributed by atoms with Crippen LogP contribution < -0.4 is 0 Å². The molecule has 14 aromatic rings. The predicted molar refractivity (Wildman–Crippen MR) is 426 cm³/mol. The molecule has 0 saturated heterocycles. The maximum absolute atomic E-state index is 4.47. The van der Waals surface area contributed by atoms with Gasteiger partial charge in [-0.15, -0.1) is 56.7 Å². The van der Waals surface area contributed by atoms with E-state index in [1.807, 2.05) is 57.1 Å². The lowest BCUT2D eigenvalue weighted by Crippen LogP contribution is -2.16. The Balaban J connectivity index is 0.000000142. The van der Waals surface area contributed by atoms with E-state index in [0.717, 1.165) is 5.52 Å². The monoisotopic (exact) mass is 1370 g/mol. The van der Waals surface area contributed by atoms with Crippen LogP contribution in [0.4, 0.5) is 0 Å². The van der Waals surface area contributed by atoms with Crippen molar-refractivity contribution in [1.29, 1.82) is 0 Å². The van der Waals surface area contributed by atoms with Crippen molar-refractivity contribution in [1.82, 2.24) is 46.3 Å². The van der Waals surface area contributed by atoms with E-state index in [1.54, 1.807) is 11.3 Å². The van der Waals surface area contributed by atoms with Crippen molar-refractivity contribution in [3.8, 4) is 0 Å². The largest absolute Gasteiger partial charge is 0.350 e. The zero-order valence-electron chi connectivity index (χ0n) is 63.9. The Kier molecular flexibility index (Phi) is 21.4. The summed E-state index contributed by atoms with van der Waals surface area (Å²) in [6.07, 6.45) is 4.22. The van der Waals surface area contributed by atoms with Crippen molar-refractivity contribution in [2.24, 2.45) is 63.4 Å². The molecule has 0 amide bonds. The third-order valence-corrected chi connectivity index (χ3v) is 23.0. The fourth-order valence-electron chi connectivity index (χ4n) is 13.8. The van der Waals surface area contributed by atoms with E-state index in [4.69, 9.17) is 0 Å². The molecule has 14 aromatic heterocycles. The second kappa shape index (κ2) is 27.2. The molecular weight excluding hydrogens is 1260 g/mol. The second-order valence-corrected chi connectivity index (χ2v) is 37.9. The number of aryl methyl sites for hydroxylation is 9. The first-order valence-corrected chi connectivity index (χ1v) is 37.8. The third-order valence-electron chi connectivity index (χ3n) is 18.3. The van der Waals surface area contributed by atoms with Gasteiger partial charge in [0.1, 0.15) is 16.0 Å². The molecule has 10 nitrogen and oxygen atoms in total. The Morgan fingerprint density at radius 3 is 1.33 bits per heavy atom. The first kappa shape index (κ1) is 74.6. The van der Waals surface area contributed by atoms with Crippen LogP contribution in [0.5, 0.6) is 0 Å². The number of aromatic nitrogens is 10. The van der Waals surface area contributed by atoms with E-state index in [9.17, 15) is 0 Å². The Bertz CT molecular complexity index is 4700. The Labute approximate surface area is 589 Å². The molecule has 0 N–H and O–H groups in total. The molecule has 14 rings (SSSR count). The van der Waals surface area contributed by atoms with Gasteiger partial charge < -0.3 is 36.5 Å². The second-order valence-electron chi connectivity index (χ2n) is 33.3. The smallest absolute Gasteiger partial charge is 0.119 e. The molecule has 0 unspecified atom stereocenters. The van der Waals surface area contributed by atoms with Crippen LogP contribution in [0.2, 0.25) is 0 Å². The highest BCUT2D eigenvalue weighted by Crippen LogP contribution is 2.40. The first-order chi connectivity index (χ1) is 43.7. The summed E-state index contributed by atoms with van der Waals surface area (Å²) in [6, 6.07) is 24.4. The van der Waals surface area contributed by atoms with Crippen LogP contribution in [0, 0.1) is 13.8 Å². The van der Waals surface area contributed by atoms with Gasteiger partial charge in [0.05, 0.1) is 41.0 Å². The Morgan fingerprint density at radius 2 is 0.789 bits per heavy atom. The van der Waals surface area contributed by atoms with Crippen molar-refractivity contribution in [3.63, 3.8) is 0 Å². The standard InChI is InChI=1S/2C12H18N2.2C12H17NS.2C11H15NS.C10H14N2S/c1-12(2,3)11-8-10-9(14(11)5)6-7-13(10)4;1-12(2,3)10-8-9-6-7-13(4)11(9)14(10)5;1-8-10-9(6-7-14-10)11(13(8)5)12(2,3)4;1-8-9-6-7-14-10(9)11(13(8)5)12(2,3)4;1-11(2,3)10-7-9-8(12(10)4)5-6-13-9;1-11(2,3)9-7-8-5-6-13-10(8)12(9)4;1-10(2,3)9-8-7(5-6-13-8)11-12(9)4/h2*6-8H,1-5H3;2*6-7H,1-5H3;2*5-7H,1-4H3;5-6H,1-4H3. The highest BCUT2D eigenvalue weighted by molar-refractivity contribution is 7.18. The average Bonchev–Trinajstić information content (AvgIpc) is 1.64. The fraction of sp³-hybridized carbons (Fsp3) is 0.487. The Morgan fingerprint density at radius 1 is 0.326 bits per heavy atom. The summed E-state index contributed by atoms with van der Waals surface area (Å²) in [5.74, 6) is 0. The molecular formula is C80H114N10S5. The average molecular weight is 1380 g/mol. The number of nitrogens with zero attached hydrogens (tertiary/aromatic N) is 10. The quantitative estimate of drug-likeness (QED) is 0.149. The molecule has 0 spiro atoms. The summed E-state index contributed by atoms with van der Waals surface area (Å²) in [5.41, 5.74) is 20.6. The lowest BCUT2D eigenvalue weighted by atomic mass is 9.90. The molecule has 0 bridgehead atoms. The van der Waals surface area contributed by atoms with Crippen LogP contribution in [0.1, 0.15) is 197 Å². The van der Waals surface area contributed by atoms with Crippen molar-refractivity contribution in [3.05, 3.63) is 157 Å². The fourth-order valence-corrected chi connectivity index (χ4v) is 18.8. The van der Waals surface area contributed by atoms with E-state index in [2.05, 4.69) is 363 Å². The van der Waals surface area contributed by atoms with Crippen molar-refractivity contribution in [2.45, 2.75) is 197 Å². The maximum Gasteiger partial charge on any atom is 0.119 e. The van der Waals surface area contributed by atoms with Crippen molar-refractivity contribution < 1.29 is 0 Å². The maximum atomic E-state index is 4.47. The molecule has 14 heterocycles. The molecule has 0 aliphatic heterocycles. The van der Waals surface area contributed by atoms with Crippen LogP contribution in [0.25, 0.3) is 72.9 Å². The van der Waals surface area contributed by atoms with Gasteiger partial charge in [0, 0.05) is 181 Å². The van der Waals surface area contributed by atoms with E-state index in [0.29, 0.717) is 0 Å².